The molecule has 0 aromatic rings. The highest BCUT2D eigenvalue weighted by Gasteiger charge is 2.48. The molecule has 2 fully saturated rings. The van der Waals surface area contributed by atoms with E-state index in [-0.39, 0.29) is 17.9 Å². The number of carbonyl (C=O) groups is 2. The molecule has 0 bridgehead atoms. The van der Waals surface area contributed by atoms with Gasteiger partial charge in [0.25, 0.3) is 0 Å². The first-order valence-corrected chi connectivity index (χ1v) is 4.13. The molecule has 0 aromatic carbocycles. The van der Waals surface area contributed by atoms with Crippen LogP contribution < -0.4 is 0 Å². The molecule has 0 aliphatic carbocycles. The molecule has 1 amide bonds. The number of β-lactam (4-membered cyclic amide) rings is 1. The van der Waals surface area contributed by atoms with Crippen LogP contribution in [0.15, 0.2) is 0 Å². The highest BCUT2D eigenvalue weighted by atomic mass is 16.5. The third kappa shape index (κ3) is 0.838. The minimum absolute atomic E-state index is 0.0906. The summed E-state index contributed by atoms with van der Waals surface area (Å²) in [6.45, 7) is 0. The zero-order valence-electron chi connectivity index (χ0n) is 6.95. The lowest BCUT2D eigenvalue weighted by atomic mass is 10.0. The van der Waals surface area contributed by atoms with Crippen molar-refractivity contribution in [1.29, 1.82) is 0 Å². The molecule has 2 rings (SSSR count). The van der Waals surface area contributed by atoms with E-state index in [1.165, 1.54) is 7.11 Å². The lowest BCUT2D eigenvalue weighted by Gasteiger charge is -2.37. The molecule has 0 spiro atoms. The molecule has 2 aliphatic heterocycles. The smallest absolute Gasteiger partial charge is 0.328 e. The first-order chi connectivity index (χ1) is 5.74. The monoisotopic (exact) mass is 169 g/mol. The standard InChI is InChI=1S/C8H11NO3/c1-12-8(11)6-3-2-5-4-7(10)9(5)6/h5-6H,2-4H2,1H3/t5-,6+/m1/s1. The Hall–Kier alpha value is -1.06. The summed E-state index contributed by atoms with van der Waals surface area (Å²) in [5.41, 5.74) is 0. The molecule has 12 heavy (non-hydrogen) atoms. The van der Waals surface area contributed by atoms with Crippen molar-refractivity contribution in [2.45, 2.75) is 31.3 Å². The fourth-order valence-corrected chi connectivity index (χ4v) is 2.02. The molecule has 0 N–H and O–H groups in total. The second-order valence-corrected chi connectivity index (χ2v) is 3.28. The summed E-state index contributed by atoms with van der Waals surface area (Å²) in [5.74, 6) is -0.182. The molecule has 0 radical (unpaired) electrons. The molecule has 0 saturated carbocycles. The van der Waals surface area contributed by atoms with Crippen molar-refractivity contribution >= 4 is 11.9 Å². The van der Waals surface area contributed by atoms with E-state index in [1.54, 1.807) is 4.90 Å². The number of esters is 1. The Balaban J connectivity index is 2.08. The van der Waals surface area contributed by atoms with Crippen LogP contribution in [0.2, 0.25) is 0 Å². The van der Waals surface area contributed by atoms with Crippen LogP contribution in [0.1, 0.15) is 19.3 Å². The van der Waals surface area contributed by atoms with Crippen LogP contribution in [-0.4, -0.2) is 36.0 Å². The van der Waals surface area contributed by atoms with Crippen LogP contribution in [0, 0.1) is 0 Å². The summed E-state index contributed by atoms with van der Waals surface area (Å²) >= 11 is 0. The maximum absolute atomic E-state index is 11.1. The van der Waals surface area contributed by atoms with E-state index in [1.807, 2.05) is 0 Å². The van der Waals surface area contributed by atoms with Gasteiger partial charge in [-0.25, -0.2) is 4.79 Å². The van der Waals surface area contributed by atoms with Crippen LogP contribution >= 0.6 is 0 Å². The molecule has 2 atom stereocenters. The van der Waals surface area contributed by atoms with Crippen LogP contribution in [0.4, 0.5) is 0 Å². The number of methoxy groups -OCH3 is 1. The van der Waals surface area contributed by atoms with Crippen LogP contribution in [0.5, 0.6) is 0 Å². The van der Waals surface area contributed by atoms with E-state index in [2.05, 4.69) is 4.74 Å². The predicted molar refractivity (Wildman–Crippen MR) is 40.3 cm³/mol. The van der Waals surface area contributed by atoms with Gasteiger partial charge >= 0.3 is 5.97 Å². The van der Waals surface area contributed by atoms with E-state index < -0.39 is 0 Å². The van der Waals surface area contributed by atoms with Gasteiger partial charge in [-0.1, -0.05) is 0 Å². The number of nitrogens with zero attached hydrogens (tertiary/aromatic N) is 1. The van der Waals surface area contributed by atoms with Crippen molar-refractivity contribution in [3.05, 3.63) is 0 Å². The highest BCUT2D eigenvalue weighted by Crippen LogP contribution is 2.35. The fraction of sp³-hybridized carbons (Fsp3) is 0.750. The van der Waals surface area contributed by atoms with Gasteiger partial charge in [-0.3, -0.25) is 4.79 Å². The molecular weight excluding hydrogens is 158 g/mol. The number of hydrogen-bond donors (Lipinski definition) is 0. The third-order valence-electron chi connectivity index (χ3n) is 2.67. The molecule has 2 heterocycles. The maximum Gasteiger partial charge on any atom is 0.328 e. The van der Waals surface area contributed by atoms with Gasteiger partial charge in [0.2, 0.25) is 5.91 Å². The van der Waals surface area contributed by atoms with Gasteiger partial charge in [0.1, 0.15) is 6.04 Å². The van der Waals surface area contributed by atoms with Crippen molar-refractivity contribution in [2.24, 2.45) is 0 Å². The van der Waals surface area contributed by atoms with Gasteiger partial charge < -0.3 is 9.64 Å². The highest BCUT2D eigenvalue weighted by molar-refractivity contribution is 5.90. The average Bonchev–Trinajstić information content (AvgIpc) is 2.40. The number of ether oxygens (including phenoxy) is 1. The summed E-state index contributed by atoms with van der Waals surface area (Å²) in [5, 5.41) is 0. The van der Waals surface area contributed by atoms with Crippen molar-refractivity contribution < 1.29 is 14.3 Å². The van der Waals surface area contributed by atoms with Gasteiger partial charge in [-0.05, 0) is 12.8 Å². The minimum atomic E-state index is -0.291. The number of hydrogen-bond acceptors (Lipinski definition) is 3. The number of carbonyl (C=O) groups excluding carboxylic acids is 2. The molecule has 0 aromatic heterocycles. The summed E-state index contributed by atoms with van der Waals surface area (Å²) in [4.78, 5) is 23.9. The van der Waals surface area contributed by atoms with Crippen molar-refractivity contribution in [3.63, 3.8) is 0 Å². The first-order valence-electron chi connectivity index (χ1n) is 4.13. The van der Waals surface area contributed by atoms with Crippen LogP contribution in [-0.2, 0) is 14.3 Å². The molecule has 4 heteroatoms. The van der Waals surface area contributed by atoms with E-state index in [0.29, 0.717) is 12.5 Å². The number of amides is 1. The third-order valence-corrected chi connectivity index (χ3v) is 2.67. The maximum atomic E-state index is 11.1. The normalized spacial score (nSPS) is 32.8. The van der Waals surface area contributed by atoms with E-state index in [9.17, 15) is 9.59 Å². The quantitative estimate of drug-likeness (QED) is 0.407. The SMILES string of the molecule is COC(=O)[C@@H]1CC[C@@H]2CC(=O)N21. The Morgan fingerprint density at radius 2 is 2.33 bits per heavy atom. The average molecular weight is 169 g/mol. The molecule has 2 saturated heterocycles. The van der Waals surface area contributed by atoms with Crippen LogP contribution in [0.25, 0.3) is 0 Å². The summed E-state index contributed by atoms with van der Waals surface area (Å²) in [6.07, 6.45) is 2.34. The number of rotatable bonds is 1. The van der Waals surface area contributed by atoms with E-state index in [0.717, 1.165) is 12.8 Å². The fourth-order valence-electron chi connectivity index (χ4n) is 2.02. The van der Waals surface area contributed by atoms with Crippen molar-refractivity contribution in [2.75, 3.05) is 7.11 Å². The molecule has 0 unspecified atom stereocenters. The Bertz CT molecular complexity index is 238. The largest absolute Gasteiger partial charge is 0.467 e. The predicted octanol–water partition coefficient (Wildman–Crippen LogP) is -0.0773. The summed E-state index contributed by atoms with van der Waals surface area (Å²) in [6, 6.07) is 0.0304. The van der Waals surface area contributed by atoms with Crippen molar-refractivity contribution in [1.82, 2.24) is 4.90 Å². The Morgan fingerprint density at radius 1 is 1.58 bits per heavy atom. The second kappa shape index (κ2) is 2.47. The second-order valence-electron chi connectivity index (χ2n) is 3.28. The zero-order valence-corrected chi connectivity index (χ0v) is 6.95. The van der Waals surface area contributed by atoms with E-state index in [4.69, 9.17) is 0 Å². The topological polar surface area (TPSA) is 46.6 Å². The number of fused-ring (bicyclic) bond motifs is 1. The Morgan fingerprint density at radius 3 is 2.92 bits per heavy atom. The lowest BCUT2D eigenvalue weighted by Crippen LogP contribution is -2.54. The van der Waals surface area contributed by atoms with Crippen LogP contribution in [0.3, 0.4) is 0 Å². The van der Waals surface area contributed by atoms with Gasteiger partial charge in [0, 0.05) is 12.5 Å². The van der Waals surface area contributed by atoms with Gasteiger partial charge in [0.05, 0.1) is 7.11 Å². The molecular formula is C8H11NO3. The van der Waals surface area contributed by atoms with Gasteiger partial charge in [-0.2, -0.15) is 0 Å². The summed E-state index contributed by atoms with van der Waals surface area (Å²) in [7, 11) is 1.36. The van der Waals surface area contributed by atoms with Crippen molar-refractivity contribution in [3.8, 4) is 0 Å². The molecule has 4 nitrogen and oxygen atoms in total. The first kappa shape index (κ1) is 7.58. The van der Waals surface area contributed by atoms with Gasteiger partial charge in [-0.15, -0.1) is 0 Å². The zero-order chi connectivity index (χ0) is 8.72. The summed E-state index contributed by atoms with van der Waals surface area (Å²) < 4.78 is 4.60. The lowest BCUT2D eigenvalue weighted by molar-refractivity contribution is -0.158. The Labute approximate surface area is 70.5 Å². The Kier molecular flexibility index (Phi) is 1.56. The van der Waals surface area contributed by atoms with E-state index >= 15 is 0 Å². The molecule has 66 valence electrons. The molecule has 2 aliphatic rings. The minimum Gasteiger partial charge on any atom is -0.467 e. The van der Waals surface area contributed by atoms with Gasteiger partial charge in [0.15, 0.2) is 0 Å².